The van der Waals surface area contributed by atoms with Gasteiger partial charge in [-0.1, -0.05) is 36.4 Å². The number of furan rings is 1. The van der Waals surface area contributed by atoms with Crippen LogP contribution in [0.2, 0.25) is 0 Å². The summed E-state index contributed by atoms with van der Waals surface area (Å²) in [7, 11) is 0. The van der Waals surface area contributed by atoms with Crippen molar-refractivity contribution < 1.29 is 18.7 Å². The Labute approximate surface area is 228 Å². The van der Waals surface area contributed by atoms with Crippen molar-refractivity contribution in [3.63, 3.8) is 0 Å². The van der Waals surface area contributed by atoms with Crippen LogP contribution < -0.4 is 10.5 Å². The molecule has 0 fully saturated rings. The van der Waals surface area contributed by atoms with Crippen molar-refractivity contribution in [2.45, 2.75) is 46.4 Å². The fraction of sp³-hybridized carbons (Fsp3) is 0.250. The second kappa shape index (κ2) is 11.6. The Morgan fingerprint density at radius 3 is 2.64 bits per heavy atom. The van der Waals surface area contributed by atoms with Gasteiger partial charge in [-0.25, -0.2) is 0 Å². The molecule has 3 aromatic carbocycles. The zero-order chi connectivity index (χ0) is 27.4. The minimum absolute atomic E-state index is 0.155. The van der Waals surface area contributed by atoms with Gasteiger partial charge in [0.15, 0.2) is 0 Å². The first kappa shape index (κ1) is 26.3. The molecule has 2 aromatic heterocycles. The minimum Gasteiger partial charge on any atom is -0.488 e. The number of ether oxygens (including phenoxy) is 2. The number of carbonyl (C=O) groups is 1. The van der Waals surface area contributed by atoms with Crippen LogP contribution in [0, 0.1) is 0 Å². The van der Waals surface area contributed by atoms with Gasteiger partial charge in [0, 0.05) is 46.4 Å². The number of nitrogens with zero attached hydrogens (tertiary/aromatic N) is 2. The minimum atomic E-state index is -0.279. The molecular weight excluding hydrogens is 490 g/mol. The molecule has 7 nitrogen and oxygen atoms in total. The average molecular weight is 524 g/mol. The lowest BCUT2D eigenvalue weighted by Gasteiger charge is -2.11. The Morgan fingerprint density at radius 1 is 1.03 bits per heavy atom. The highest BCUT2D eigenvalue weighted by molar-refractivity contribution is 5.98. The molecule has 7 heteroatoms. The van der Waals surface area contributed by atoms with Crippen LogP contribution in [0.3, 0.4) is 0 Å². The largest absolute Gasteiger partial charge is 0.488 e. The second-order valence-electron chi connectivity index (χ2n) is 9.75. The Kier molecular flexibility index (Phi) is 7.79. The summed E-state index contributed by atoms with van der Waals surface area (Å²) in [4.78, 5) is 12.1. The van der Waals surface area contributed by atoms with Gasteiger partial charge in [-0.3, -0.25) is 9.48 Å². The van der Waals surface area contributed by atoms with Crippen molar-refractivity contribution in [2.75, 3.05) is 6.61 Å². The SMILES string of the molecule is CCOC(=O)Cc1ccccc1OCc1coc2c(-c3cnn(C(C)C)c3)cc(-c3cccc(CN)c3)cc12. The van der Waals surface area contributed by atoms with E-state index in [0.717, 1.165) is 49.9 Å². The molecule has 0 amide bonds. The molecule has 200 valence electrons. The summed E-state index contributed by atoms with van der Waals surface area (Å²) >= 11 is 0. The molecule has 5 aromatic rings. The maximum atomic E-state index is 12.1. The zero-order valence-corrected chi connectivity index (χ0v) is 22.5. The molecule has 0 unspecified atom stereocenters. The van der Waals surface area contributed by atoms with E-state index in [4.69, 9.17) is 19.6 Å². The van der Waals surface area contributed by atoms with Gasteiger partial charge in [0.1, 0.15) is 17.9 Å². The van der Waals surface area contributed by atoms with E-state index in [2.05, 4.69) is 43.2 Å². The van der Waals surface area contributed by atoms with E-state index >= 15 is 0 Å². The lowest BCUT2D eigenvalue weighted by Crippen LogP contribution is -2.09. The Bertz CT molecular complexity index is 1600. The molecule has 0 radical (unpaired) electrons. The van der Waals surface area contributed by atoms with E-state index in [9.17, 15) is 4.79 Å². The van der Waals surface area contributed by atoms with Crippen LogP contribution in [0.4, 0.5) is 0 Å². The fourth-order valence-electron chi connectivity index (χ4n) is 4.63. The van der Waals surface area contributed by atoms with Crippen LogP contribution >= 0.6 is 0 Å². The Morgan fingerprint density at radius 2 is 1.87 bits per heavy atom. The summed E-state index contributed by atoms with van der Waals surface area (Å²) < 4.78 is 19.4. The summed E-state index contributed by atoms with van der Waals surface area (Å²) in [5.41, 5.74) is 13.5. The lowest BCUT2D eigenvalue weighted by molar-refractivity contribution is -0.142. The molecule has 0 aliphatic heterocycles. The summed E-state index contributed by atoms with van der Waals surface area (Å²) in [5, 5.41) is 5.51. The monoisotopic (exact) mass is 523 g/mol. The number of hydrogen-bond acceptors (Lipinski definition) is 6. The molecule has 2 heterocycles. The van der Waals surface area contributed by atoms with Gasteiger partial charge in [0.05, 0.1) is 25.5 Å². The number of para-hydroxylation sites is 1. The van der Waals surface area contributed by atoms with Crippen molar-refractivity contribution in [2.24, 2.45) is 5.73 Å². The number of aromatic nitrogens is 2. The first-order valence-electron chi connectivity index (χ1n) is 13.2. The van der Waals surface area contributed by atoms with Gasteiger partial charge in [0.2, 0.25) is 0 Å². The van der Waals surface area contributed by atoms with E-state index in [1.807, 2.05) is 53.5 Å². The van der Waals surface area contributed by atoms with Crippen LogP contribution in [0.15, 0.2) is 83.7 Å². The van der Waals surface area contributed by atoms with Crippen LogP contribution in [-0.4, -0.2) is 22.4 Å². The summed E-state index contributed by atoms with van der Waals surface area (Å²) in [6.07, 6.45) is 5.82. The second-order valence-corrected chi connectivity index (χ2v) is 9.75. The third-order valence-corrected chi connectivity index (χ3v) is 6.69. The van der Waals surface area contributed by atoms with Crippen molar-refractivity contribution in [1.82, 2.24) is 9.78 Å². The van der Waals surface area contributed by atoms with Gasteiger partial charge in [-0.05, 0) is 61.7 Å². The van der Waals surface area contributed by atoms with Gasteiger partial charge in [0.25, 0.3) is 0 Å². The highest BCUT2D eigenvalue weighted by Crippen LogP contribution is 2.37. The number of benzene rings is 3. The van der Waals surface area contributed by atoms with E-state index in [-0.39, 0.29) is 25.0 Å². The molecule has 0 atom stereocenters. The van der Waals surface area contributed by atoms with Crippen LogP contribution in [-0.2, 0) is 29.1 Å². The quantitative estimate of drug-likeness (QED) is 0.205. The molecule has 5 rings (SSSR count). The van der Waals surface area contributed by atoms with Crippen LogP contribution in [0.1, 0.15) is 43.5 Å². The number of esters is 1. The smallest absolute Gasteiger partial charge is 0.310 e. The molecule has 0 saturated carbocycles. The number of fused-ring (bicyclic) bond motifs is 1. The third-order valence-electron chi connectivity index (χ3n) is 6.69. The van der Waals surface area contributed by atoms with E-state index in [1.54, 1.807) is 13.2 Å². The molecule has 0 aliphatic rings. The van der Waals surface area contributed by atoms with E-state index in [1.165, 1.54) is 0 Å². The predicted molar refractivity (Wildman–Crippen MR) is 152 cm³/mol. The standard InChI is InChI=1S/C32H33N3O4/c1-4-37-31(36)15-24-9-5-6-11-30(24)38-19-27-20-39-32-28(26-17-34-35(18-26)21(2)3)13-25(14-29(27)32)23-10-7-8-22(12-23)16-33/h5-14,17-18,20-21H,4,15-16,19,33H2,1-3H3. The topological polar surface area (TPSA) is 92.5 Å². The maximum Gasteiger partial charge on any atom is 0.310 e. The zero-order valence-electron chi connectivity index (χ0n) is 22.5. The highest BCUT2D eigenvalue weighted by Gasteiger charge is 2.18. The first-order valence-corrected chi connectivity index (χ1v) is 13.2. The number of nitrogens with two attached hydrogens (primary N) is 1. The van der Waals surface area contributed by atoms with Gasteiger partial charge in [-0.15, -0.1) is 0 Å². The van der Waals surface area contributed by atoms with Gasteiger partial charge < -0.3 is 19.6 Å². The molecule has 2 N–H and O–H groups in total. The molecule has 0 bridgehead atoms. The molecule has 0 spiro atoms. The van der Waals surface area contributed by atoms with Gasteiger partial charge >= 0.3 is 5.97 Å². The van der Waals surface area contributed by atoms with Crippen molar-refractivity contribution in [1.29, 1.82) is 0 Å². The summed E-state index contributed by atoms with van der Waals surface area (Å²) in [6, 6.07) is 20.3. The first-order chi connectivity index (χ1) is 19.0. The Balaban J connectivity index is 1.54. The summed E-state index contributed by atoms with van der Waals surface area (Å²) in [5.74, 6) is 0.364. The molecular formula is C32H33N3O4. The third kappa shape index (κ3) is 5.73. The van der Waals surface area contributed by atoms with Crippen LogP contribution in [0.25, 0.3) is 33.2 Å². The van der Waals surface area contributed by atoms with Crippen molar-refractivity contribution in [3.05, 3.63) is 96.0 Å². The van der Waals surface area contributed by atoms with Crippen molar-refractivity contribution >= 4 is 16.9 Å². The number of hydrogen-bond donors (Lipinski definition) is 1. The van der Waals surface area contributed by atoms with E-state index < -0.39 is 0 Å². The maximum absolute atomic E-state index is 12.1. The normalized spacial score (nSPS) is 11.3. The Hall–Kier alpha value is -4.36. The number of carbonyl (C=O) groups excluding carboxylic acids is 1. The average Bonchev–Trinajstić information content (AvgIpc) is 3.60. The van der Waals surface area contributed by atoms with Gasteiger partial charge in [-0.2, -0.15) is 5.10 Å². The summed E-state index contributed by atoms with van der Waals surface area (Å²) in [6.45, 7) is 7.10. The lowest BCUT2D eigenvalue weighted by atomic mass is 9.96. The van der Waals surface area contributed by atoms with E-state index in [0.29, 0.717) is 18.9 Å². The molecule has 39 heavy (non-hydrogen) atoms. The highest BCUT2D eigenvalue weighted by atomic mass is 16.5. The van der Waals surface area contributed by atoms with Crippen molar-refractivity contribution in [3.8, 4) is 28.0 Å². The molecule has 0 aliphatic carbocycles. The number of rotatable bonds is 10. The fourth-order valence-corrected chi connectivity index (χ4v) is 4.63. The van der Waals surface area contributed by atoms with Crippen LogP contribution in [0.5, 0.6) is 5.75 Å². The predicted octanol–water partition coefficient (Wildman–Crippen LogP) is 6.69. The molecule has 0 saturated heterocycles.